The fourth-order valence-corrected chi connectivity index (χ4v) is 2.85. The van der Waals surface area contributed by atoms with Gasteiger partial charge in [0.25, 0.3) is 0 Å². The summed E-state index contributed by atoms with van der Waals surface area (Å²) in [6, 6.07) is 0. The summed E-state index contributed by atoms with van der Waals surface area (Å²) in [6.45, 7) is 14.3. The van der Waals surface area contributed by atoms with E-state index in [0.717, 1.165) is 0 Å². The van der Waals surface area contributed by atoms with E-state index in [1.54, 1.807) is 0 Å². The summed E-state index contributed by atoms with van der Waals surface area (Å²) in [5.74, 6) is -4.94. The first-order chi connectivity index (χ1) is 13.3. The molecular weight excluding hydrogens is 459 g/mol. The van der Waals surface area contributed by atoms with Crippen LogP contribution >= 0.6 is 0 Å². The molecule has 0 radical (unpaired) electrons. The number of carboxylic acid groups (broad SMARTS) is 2. The third-order valence-electron chi connectivity index (χ3n) is 3.27. The van der Waals surface area contributed by atoms with Crippen molar-refractivity contribution >= 4 is 23.5 Å². The van der Waals surface area contributed by atoms with E-state index in [0.29, 0.717) is 37.9 Å². The molecule has 0 aromatic heterocycles. The predicted octanol–water partition coefficient (Wildman–Crippen LogP) is 1.23. The van der Waals surface area contributed by atoms with Crippen molar-refractivity contribution in [3.63, 3.8) is 0 Å². The number of aliphatic carboxylic acids is 2. The average molecular weight is 496 g/mol. The minimum absolute atomic E-state index is 0.318. The molecule has 168 valence electrons. The Bertz CT molecular complexity index is 407. The zero-order valence-electron chi connectivity index (χ0n) is 18.9. The topological polar surface area (TPSA) is 133 Å². The third-order valence-corrected chi connectivity index (χ3v) is 6.06. The standard InChI is InChI=1S/2C7H12O3.2C3H7O.Zr/c2*1-3-4-6(5(2)8)7(9)10;2*1-3(2)4;/h2*6H,3-4H2,1-2H3,(H,9,10);2*3H,1-2H3;/q;;2*-1;+4/p-2. The summed E-state index contributed by atoms with van der Waals surface area (Å²) < 4.78 is 10.6. The van der Waals surface area contributed by atoms with Gasteiger partial charge in [-0.3, -0.25) is 9.59 Å². The van der Waals surface area contributed by atoms with Gasteiger partial charge >= 0.3 is 69.6 Å². The first-order valence-corrected chi connectivity index (χ1v) is 11.8. The van der Waals surface area contributed by atoms with Gasteiger partial charge in [0.2, 0.25) is 0 Å². The van der Waals surface area contributed by atoms with E-state index >= 15 is 0 Å². The Morgan fingerprint density at radius 2 is 1.00 bits per heavy atom. The van der Waals surface area contributed by atoms with Gasteiger partial charge in [0.1, 0.15) is 11.6 Å². The summed E-state index contributed by atoms with van der Waals surface area (Å²) >= 11 is -0.929. The van der Waals surface area contributed by atoms with Gasteiger partial charge in [-0.2, -0.15) is 0 Å². The van der Waals surface area contributed by atoms with Crippen LogP contribution in [0, 0.1) is 11.8 Å². The zero-order valence-corrected chi connectivity index (χ0v) is 21.4. The van der Waals surface area contributed by atoms with Crippen molar-refractivity contribution < 1.29 is 59.1 Å². The second-order valence-corrected chi connectivity index (χ2v) is 8.53. The van der Waals surface area contributed by atoms with Crippen LogP contribution in [-0.4, -0.2) is 35.7 Å². The monoisotopic (exact) mass is 494 g/mol. The van der Waals surface area contributed by atoms with Crippen molar-refractivity contribution in [3.05, 3.63) is 0 Å². The van der Waals surface area contributed by atoms with Gasteiger partial charge in [0.05, 0.1) is 23.8 Å². The van der Waals surface area contributed by atoms with Crippen LogP contribution in [0.1, 0.15) is 81.1 Å². The van der Waals surface area contributed by atoms with E-state index in [2.05, 4.69) is 0 Å². The quantitative estimate of drug-likeness (QED) is 0.369. The summed E-state index contributed by atoms with van der Waals surface area (Å²) in [5, 5.41) is 20.4. The average Bonchev–Trinajstić information content (AvgIpc) is 2.56. The minimum Gasteiger partial charge on any atom is -0.549 e. The molecule has 0 aromatic rings. The van der Waals surface area contributed by atoms with Crippen molar-refractivity contribution in [2.45, 2.75) is 93.3 Å². The molecule has 8 nitrogen and oxygen atoms in total. The van der Waals surface area contributed by atoms with Crippen LogP contribution in [0.5, 0.6) is 0 Å². The van der Waals surface area contributed by atoms with Crippen LogP contribution in [0.3, 0.4) is 0 Å². The first-order valence-electron chi connectivity index (χ1n) is 9.80. The molecule has 2 unspecified atom stereocenters. The van der Waals surface area contributed by atoms with Crippen LogP contribution < -0.4 is 10.2 Å². The maximum atomic E-state index is 10.6. The molecule has 0 aromatic carbocycles. The van der Waals surface area contributed by atoms with Crippen LogP contribution in [-0.2, 0) is 48.9 Å². The molecule has 0 heterocycles. The van der Waals surface area contributed by atoms with Crippen molar-refractivity contribution in [1.29, 1.82) is 0 Å². The van der Waals surface area contributed by atoms with E-state index in [1.165, 1.54) is 13.8 Å². The third kappa shape index (κ3) is 23.2. The Morgan fingerprint density at radius 1 is 0.724 bits per heavy atom. The Morgan fingerprint density at radius 3 is 1.10 bits per heavy atom. The second-order valence-electron chi connectivity index (χ2n) is 6.96. The normalized spacial score (nSPS) is 11.9. The Balaban J connectivity index is -0.000000350. The molecule has 9 heteroatoms. The number of carbonyl (C=O) groups is 4. The maximum absolute atomic E-state index is 10.6. The van der Waals surface area contributed by atoms with Crippen LogP contribution in [0.15, 0.2) is 0 Å². The van der Waals surface area contributed by atoms with Gasteiger partial charge in [0.15, 0.2) is 0 Å². The Kier molecular flexibility index (Phi) is 23.0. The van der Waals surface area contributed by atoms with Gasteiger partial charge in [0, 0.05) is 0 Å². The van der Waals surface area contributed by atoms with Crippen LogP contribution in [0.2, 0.25) is 0 Å². The van der Waals surface area contributed by atoms with E-state index in [9.17, 15) is 29.4 Å². The Labute approximate surface area is 187 Å². The molecule has 0 aliphatic rings. The number of rotatable bonds is 12. The van der Waals surface area contributed by atoms with Crippen LogP contribution in [0.4, 0.5) is 0 Å². The van der Waals surface area contributed by atoms with Crippen molar-refractivity contribution in [2.24, 2.45) is 11.8 Å². The van der Waals surface area contributed by atoms with Gasteiger partial charge in [-0.05, 0) is 26.7 Å². The number of Topliss-reactive ketones (excluding diaryl/α,β-unsaturated/α-hetero) is 2. The number of carboxylic acids is 2. The fourth-order valence-electron chi connectivity index (χ4n) is 1.77. The molecule has 0 fully saturated rings. The first kappa shape index (κ1) is 32.7. The van der Waals surface area contributed by atoms with Gasteiger partial charge in [-0.25, -0.2) is 0 Å². The molecule has 0 spiro atoms. The second kappa shape index (κ2) is 20.4. The summed E-state index contributed by atoms with van der Waals surface area (Å²) in [7, 11) is 0. The zero-order chi connectivity index (χ0) is 23.6. The Hall–Kier alpha value is -0.917. The summed E-state index contributed by atoms with van der Waals surface area (Å²) in [4.78, 5) is 41.5. The summed E-state index contributed by atoms with van der Waals surface area (Å²) in [5.41, 5.74) is 0. The fraction of sp³-hybridized carbons (Fsp3) is 0.800. The molecule has 0 N–H and O–H groups in total. The van der Waals surface area contributed by atoms with Gasteiger partial charge in [-0.15, -0.1) is 0 Å². The minimum atomic E-state index is -1.26. The maximum Gasteiger partial charge on any atom is 0.138 e. The molecule has 0 saturated carbocycles. The molecule has 0 rings (SSSR count). The van der Waals surface area contributed by atoms with Crippen molar-refractivity contribution in [3.8, 4) is 0 Å². The van der Waals surface area contributed by atoms with E-state index in [1.807, 2.05) is 41.5 Å². The smallest absolute Gasteiger partial charge is 0.138 e. The van der Waals surface area contributed by atoms with Gasteiger partial charge < -0.3 is 19.8 Å². The molecule has 29 heavy (non-hydrogen) atoms. The van der Waals surface area contributed by atoms with Crippen LogP contribution in [0.25, 0.3) is 0 Å². The largest absolute Gasteiger partial charge is 0.549 e. The van der Waals surface area contributed by atoms with Crippen molar-refractivity contribution in [2.75, 3.05) is 0 Å². The molecule has 0 amide bonds. The molecule has 0 aliphatic carbocycles. The molecule has 2 atom stereocenters. The van der Waals surface area contributed by atoms with Gasteiger partial charge in [-0.1, -0.05) is 26.7 Å². The molecule has 0 bridgehead atoms. The number of carbonyl (C=O) groups excluding carboxylic acids is 4. The predicted molar refractivity (Wildman–Crippen MR) is 101 cm³/mol. The number of hydrogen-bond acceptors (Lipinski definition) is 8. The van der Waals surface area contributed by atoms with Crippen molar-refractivity contribution in [1.82, 2.24) is 0 Å². The molecule has 0 saturated heterocycles. The molecular formula is C20H36O8Zr. The van der Waals surface area contributed by atoms with E-state index in [4.69, 9.17) is 5.63 Å². The molecule has 0 aliphatic heterocycles. The summed E-state index contributed by atoms with van der Waals surface area (Å²) in [6.07, 6.45) is 2.84. The SMILES string of the molecule is CC(C)[O][Zr+2][O]C(C)C.CCCC(C(C)=O)C(=O)[O-].CCCC(C(C)=O)C(=O)[O-]. The van der Waals surface area contributed by atoms with E-state index in [-0.39, 0.29) is 11.6 Å². The number of hydrogen-bond donors (Lipinski definition) is 0. The number of ketones is 2. The van der Waals surface area contributed by atoms with E-state index < -0.39 is 47.9 Å².